The Morgan fingerprint density at radius 1 is 1.10 bits per heavy atom. The van der Waals surface area contributed by atoms with E-state index in [1.807, 2.05) is 37.2 Å². The van der Waals surface area contributed by atoms with Gasteiger partial charge in [-0.15, -0.1) is 10.2 Å². The molecule has 5 aromatic heterocycles. The lowest BCUT2D eigenvalue weighted by Crippen LogP contribution is -2.37. The van der Waals surface area contributed by atoms with E-state index in [0.29, 0.717) is 48.1 Å². The predicted octanol–water partition coefficient (Wildman–Crippen LogP) is 2.38. The zero-order valence-corrected chi connectivity index (χ0v) is 21.7. The number of aryl methyl sites for hydroxylation is 3. The first-order chi connectivity index (χ1) is 18.8. The van der Waals surface area contributed by atoms with E-state index >= 15 is 0 Å². The fourth-order valence-electron chi connectivity index (χ4n) is 4.62. The highest BCUT2D eigenvalue weighted by Gasteiger charge is 2.23. The highest BCUT2D eigenvalue weighted by atomic mass is 16.4. The monoisotopic (exact) mass is 526 g/mol. The number of oxazole rings is 1. The van der Waals surface area contributed by atoms with Gasteiger partial charge in [0.25, 0.3) is 5.91 Å². The molecule has 6 heterocycles. The number of pyridine rings is 2. The molecule has 13 nitrogen and oxygen atoms in total. The maximum Gasteiger partial charge on any atom is 0.294 e. The molecule has 1 aliphatic heterocycles. The summed E-state index contributed by atoms with van der Waals surface area (Å²) < 4.78 is 8.93. The second kappa shape index (κ2) is 9.76. The Labute approximate surface area is 222 Å². The largest absolute Gasteiger partial charge is 0.446 e. The van der Waals surface area contributed by atoms with Gasteiger partial charge >= 0.3 is 0 Å². The fourth-order valence-corrected chi connectivity index (χ4v) is 4.62. The van der Waals surface area contributed by atoms with Gasteiger partial charge in [0, 0.05) is 51.4 Å². The summed E-state index contributed by atoms with van der Waals surface area (Å²) in [5.74, 6) is 1.03. The van der Waals surface area contributed by atoms with E-state index in [-0.39, 0.29) is 18.3 Å². The van der Waals surface area contributed by atoms with Crippen LogP contribution in [0.4, 0.5) is 11.4 Å². The summed E-state index contributed by atoms with van der Waals surface area (Å²) in [5.41, 5.74) is 4.79. The molecule has 0 saturated heterocycles. The lowest BCUT2D eigenvalue weighted by molar-refractivity contribution is -0.117. The van der Waals surface area contributed by atoms with Gasteiger partial charge in [0.15, 0.2) is 11.5 Å². The summed E-state index contributed by atoms with van der Waals surface area (Å²) in [4.78, 5) is 36.6. The number of anilines is 2. The number of rotatable bonds is 6. The zero-order chi connectivity index (χ0) is 27.1. The highest BCUT2D eigenvalue weighted by Crippen LogP contribution is 2.22. The molecular formula is C26H26N10O3. The first-order valence-corrected chi connectivity index (χ1v) is 12.4. The molecule has 5 aromatic rings. The van der Waals surface area contributed by atoms with Crippen LogP contribution in [0.2, 0.25) is 0 Å². The minimum atomic E-state index is -0.447. The van der Waals surface area contributed by atoms with Crippen LogP contribution < -0.4 is 10.6 Å². The molecule has 0 aliphatic carbocycles. The molecule has 0 saturated carbocycles. The van der Waals surface area contributed by atoms with Gasteiger partial charge in [-0.2, -0.15) is 5.10 Å². The second-order valence-corrected chi connectivity index (χ2v) is 9.49. The summed E-state index contributed by atoms with van der Waals surface area (Å²) in [6.07, 6.45) is 7.69. The van der Waals surface area contributed by atoms with E-state index in [1.54, 1.807) is 40.7 Å². The van der Waals surface area contributed by atoms with Gasteiger partial charge in [-0.1, -0.05) is 0 Å². The molecule has 0 unspecified atom stereocenters. The van der Waals surface area contributed by atoms with Crippen LogP contribution in [0, 0.1) is 13.8 Å². The molecule has 0 atom stereocenters. The molecule has 2 amide bonds. The predicted molar refractivity (Wildman–Crippen MR) is 141 cm³/mol. The SMILES string of the molecule is Cc1nc2c(o1)CCN(CC(=O)Nc1cnc(C)c(NC(=O)c3nnc4cc(-c5cnn(C)c5)ccn34)c1)C2. The molecule has 13 heteroatoms. The van der Waals surface area contributed by atoms with Crippen LogP contribution in [-0.4, -0.2) is 64.2 Å². The maximum atomic E-state index is 13.1. The molecule has 1 aliphatic rings. The van der Waals surface area contributed by atoms with E-state index < -0.39 is 5.91 Å². The number of amides is 2. The summed E-state index contributed by atoms with van der Waals surface area (Å²) in [5, 5.41) is 18.2. The Morgan fingerprint density at radius 2 is 1.97 bits per heavy atom. The number of nitrogens with zero attached hydrogens (tertiary/aromatic N) is 8. The summed E-state index contributed by atoms with van der Waals surface area (Å²) in [6.45, 7) is 5.06. The number of aromatic nitrogens is 7. The molecule has 0 spiro atoms. The van der Waals surface area contributed by atoms with Crippen molar-refractivity contribution < 1.29 is 14.0 Å². The summed E-state index contributed by atoms with van der Waals surface area (Å²) >= 11 is 0. The van der Waals surface area contributed by atoms with Gasteiger partial charge in [0.2, 0.25) is 11.7 Å². The minimum Gasteiger partial charge on any atom is -0.446 e. The van der Waals surface area contributed by atoms with Crippen LogP contribution in [0.5, 0.6) is 0 Å². The highest BCUT2D eigenvalue weighted by molar-refractivity contribution is 6.03. The van der Waals surface area contributed by atoms with Crippen molar-refractivity contribution in [3.63, 3.8) is 0 Å². The third-order valence-corrected chi connectivity index (χ3v) is 6.55. The average molecular weight is 527 g/mol. The molecule has 0 fully saturated rings. The first kappa shape index (κ1) is 24.4. The van der Waals surface area contributed by atoms with Crippen LogP contribution >= 0.6 is 0 Å². The van der Waals surface area contributed by atoms with Crippen molar-refractivity contribution in [2.45, 2.75) is 26.8 Å². The first-order valence-electron chi connectivity index (χ1n) is 12.4. The fraction of sp³-hybridized carbons (Fsp3) is 0.269. The zero-order valence-electron chi connectivity index (χ0n) is 21.7. The standard InChI is InChI=1S/C26H26N10O3/c1-15-20(9-19(11-27-15)30-24(37)14-35-6-5-22-21(13-35)29-16(2)39-22)31-26(38)25-33-32-23-8-17(4-7-36(23)25)18-10-28-34(3)12-18/h4,7-12H,5-6,13-14H2,1-3H3,(H,30,37)(H,31,38). The number of carbonyl (C=O) groups excluding carboxylic acids is 2. The third-order valence-electron chi connectivity index (χ3n) is 6.55. The average Bonchev–Trinajstić information content (AvgIpc) is 3.62. The van der Waals surface area contributed by atoms with Crippen molar-refractivity contribution in [1.82, 2.24) is 39.2 Å². The van der Waals surface area contributed by atoms with E-state index in [1.165, 1.54) is 0 Å². The molecule has 6 rings (SSSR count). The maximum absolute atomic E-state index is 13.1. The number of carbonyl (C=O) groups is 2. The summed E-state index contributed by atoms with van der Waals surface area (Å²) in [6, 6.07) is 5.40. The molecule has 2 N–H and O–H groups in total. The number of nitrogens with one attached hydrogen (secondary N) is 2. The van der Waals surface area contributed by atoms with Crippen molar-refractivity contribution in [3.8, 4) is 11.1 Å². The van der Waals surface area contributed by atoms with Crippen molar-refractivity contribution in [1.29, 1.82) is 0 Å². The van der Waals surface area contributed by atoms with Crippen LogP contribution in [0.15, 0.2) is 47.4 Å². The molecule has 39 heavy (non-hydrogen) atoms. The third kappa shape index (κ3) is 4.99. The van der Waals surface area contributed by atoms with Crippen LogP contribution in [0.25, 0.3) is 16.8 Å². The van der Waals surface area contributed by atoms with Gasteiger partial charge < -0.3 is 15.1 Å². The Kier molecular flexibility index (Phi) is 6.11. The van der Waals surface area contributed by atoms with Crippen molar-refractivity contribution >= 4 is 28.8 Å². The molecule has 0 radical (unpaired) electrons. The van der Waals surface area contributed by atoms with Gasteiger partial charge in [-0.25, -0.2) is 4.98 Å². The Hall–Kier alpha value is -4.91. The molecule has 198 valence electrons. The van der Waals surface area contributed by atoms with Gasteiger partial charge in [-0.3, -0.25) is 28.6 Å². The van der Waals surface area contributed by atoms with Crippen LogP contribution in [0.3, 0.4) is 0 Å². The van der Waals surface area contributed by atoms with E-state index in [0.717, 1.165) is 22.6 Å². The normalized spacial score (nSPS) is 13.4. The minimum absolute atomic E-state index is 0.129. The molecule has 0 bridgehead atoms. The Bertz CT molecular complexity index is 1720. The quantitative estimate of drug-likeness (QED) is 0.340. The van der Waals surface area contributed by atoms with Gasteiger partial charge in [0.05, 0.1) is 41.7 Å². The smallest absolute Gasteiger partial charge is 0.294 e. The topological polar surface area (TPSA) is 148 Å². The Balaban J connectivity index is 1.13. The number of hydrogen-bond acceptors (Lipinski definition) is 9. The molecule has 0 aromatic carbocycles. The van der Waals surface area contributed by atoms with Gasteiger partial charge in [-0.05, 0) is 30.7 Å². The van der Waals surface area contributed by atoms with Crippen molar-refractivity contribution in [2.24, 2.45) is 7.05 Å². The second-order valence-electron chi connectivity index (χ2n) is 9.49. The van der Waals surface area contributed by atoms with E-state index in [4.69, 9.17) is 4.42 Å². The van der Waals surface area contributed by atoms with Crippen LogP contribution in [0.1, 0.15) is 33.7 Å². The number of hydrogen-bond donors (Lipinski definition) is 2. The molecular weight excluding hydrogens is 500 g/mol. The lowest BCUT2D eigenvalue weighted by atomic mass is 10.1. The van der Waals surface area contributed by atoms with Gasteiger partial charge in [0.1, 0.15) is 5.76 Å². The van der Waals surface area contributed by atoms with E-state index in [9.17, 15) is 9.59 Å². The van der Waals surface area contributed by atoms with Crippen molar-refractivity contribution in [3.05, 3.63) is 71.8 Å². The Morgan fingerprint density at radius 3 is 2.79 bits per heavy atom. The lowest BCUT2D eigenvalue weighted by Gasteiger charge is -2.24. The van der Waals surface area contributed by atoms with E-state index in [2.05, 4.69) is 35.9 Å². The van der Waals surface area contributed by atoms with Crippen LogP contribution in [-0.2, 0) is 24.8 Å². The van der Waals surface area contributed by atoms with Crippen molar-refractivity contribution in [2.75, 3.05) is 23.7 Å². The summed E-state index contributed by atoms with van der Waals surface area (Å²) in [7, 11) is 1.85. The number of fused-ring (bicyclic) bond motifs is 2.